The summed E-state index contributed by atoms with van der Waals surface area (Å²) in [7, 11) is 0. The topological polar surface area (TPSA) is 52.6 Å². The Hall–Kier alpha value is -0.203. The summed E-state index contributed by atoms with van der Waals surface area (Å²) in [5, 5.41) is 0. The third-order valence-corrected chi connectivity index (χ3v) is 6.03. The second-order valence-electron chi connectivity index (χ2n) is 9.70. The van der Waals surface area contributed by atoms with Gasteiger partial charge in [0, 0.05) is 42.1 Å². The van der Waals surface area contributed by atoms with Crippen LogP contribution < -0.4 is 0 Å². The van der Waals surface area contributed by atoms with E-state index in [0.717, 1.165) is 31.1 Å². The fraction of sp³-hybridized carbons (Fsp3) is 0.760. The molecule has 6 heteroatoms. The summed E-state index contributed by atoms with van der Waals surface area (Å²) in [5.74, 6) is 1.55. The van der Waals surface area contributed by atoms with Crippen molar-refractivity contribution >= 4 is 11.9 Å². The van der Waals surface area contributed by atoms with Gasteiger partial charge in [-0.05, 0) is 55.3 Å². The number of carbonyl (C=O) groups is 2. The fourth-order valence-electron chi connectivity index (χ4n) is 4.75. The summed E-state index contributed by atoms with van der Waals surface area (Å²) in [6.07, 6.45) is 15.2. The number of ether oxygens (including phenoxy) is 2. The molecular weight excluding hydrogens is 732 g/mol. The molecule has 2 aliphatic rings. The third kappa shape index (κ3) is 15.3. The zero-order valence-electron chi connectivity index (χ0n) is 19.7. The van der Waals surface area contributed by atoms with Gasteiger partial charge >= 0.3 is 0 Å². The first-order valence-electron chi connectivity index (χ1n) is 11.1. The molecule has 2 unspecified atom stereocenters. The van der Waals surface area contributed by atoms with Gasteiger partial charge in [-0.2, -0.15) is 0 Å². The van der Waals surface area contributed by atoms with Gasteiger partial charge in [-0.25, -0.2) is 0 Å². The monoisotopic (exact) mass is 772 g/mol. The maximum absolute atomic E-state index is 11.0. The first kappa shape index (κ1) is 33.0. The molecule has 2 fully saturated rings. The Morgan fingerprint density at radius 1 is 0.935 bits per heavy atom. The normalized spacial score (nSPS) is 26.5. The minimum absolute atomic E-state index is 0. The summed E-state index contributed by atoms with van der Waals surface area (Å²) in [6.45, 7) is 16.0. The van der Waals surface area contributed by atoms with Crippen LogP contribution in [0.4, 0.5) is 0 Å². The second kappa shape index (κ2) is 17.3. The Balaban J connectivity index is 0. The minimum atomic E-state index is -0.424. The number of esters is 2. The Bertz CT molecular complexity index is 540. The molecule has 0 saturated heterocycles. The number of hydrogen-bond acceptors (Lipinski definition) is 4. The van der Waals surface area contributed by atoms with E-state index in [0.29, 0.717) is 12.5 Å². The van der Waals surface area contributed by atoms with Gasteiger partial charge in [-0.15, -0.1) is 0 Å². The summed E-state index contributed by atoms with van der Waals surface area (Å²) in [5.41, 5.74) is 0.282. The van der Waals surface area contributed by atoms with E-state index in [4.69, 9.17) is 9.47 Å². The number of hydrogen-bond donors (Lipinski definition) is 0. The quantitative estimate of drug-likeness (QED) is 0.141. The van der Waals surface area contributed by atoms with Crippen LogP contribution in [-0.4, -0.2) is 24.6 Å². The molecule has 2 rings (SSSR count). The van der Waals surface area contributed by atoms with Gasteiger partial charge in [-0.1, -0.05) is 53.4 Å². The van der Waals surface area contributed by atoms with Crippen LogP contribution in [0.1, 0.15) is 85.5 Å². The average Bonchev–Trinajstić information content (AvgIpc) is 2.65. The van der Waals surface area contributed by atoms with E-state index >= 15 is 0 Å². The zero-order chi connectivity index (χ0) is 21.9. The second-order valence-corrected chi connectivity index (χ2v) is 9.70. The van der Waals surface area contributed by atoms with Gasteiger partial charge < -0.3 is 21.6 Å². The van der Waals surface area contributed by atoms with Gasteiger partial charge in [0.15, 0.2) is 0 Å². The molecule has 0 aromatic carbocycles. The molecule has 0 aliphatic heterocycles. The first-order chi connectivity index (χ1) is 13.6. The molecule has 0 N–H and O–H groups in total. The predicted octanol–water partition coefficient (Wildman–Crippen LogP) is 5.85. The number of carbonyl (C=O) groups excluding carboxylic acids is 2. The average molecular weight is 772 g/mol. The van der Waals surface area contributed by atoms with Crippen LogP contribution in [0.5, 0.6) is 0 Å². The Labute approximate surface area is 218 Å². The van der Waals surface area contributed by atoms with Gasteiger partial charge in [0.25, 0.3) is 0 Å². The standard InChI is InChI=1S/C13H21O2.C12H19O2.2W/c1-3-13(14)15-10-4-5-12-8-6-11(2)7-9-12;1-5-11(13)14-10-6-9(2)7-12(3,4)8-10;;/h11-12H,1,4-10H2,2H3;9-10H,1,6-8H2,2-4H3;;/q2*-1;;. The molecule has 0 heterocycles. The van der Waals surface area contributed by atoms with Crippen LogP contribution in [0.15, 0.2) is 13.2 Å². The molecule has 2 aliphatic carbocycles. The van der Waals surface area contributed by atoms with Crippen LogP contribution in [-0.2, 0) is 61.2 Å². The molecule has 2 atom stereocenters. The number of rotatable bonds is 7. The molecule has 0 aromatic heterocycles. The first-order valence-corrected chi connectivity index (χ1v) is 11.1. The maximum Gasteiger partial charge on any atom is 0.147 e. The Morgan fingerprint density at radius 3 is 2.03 bits per heavy atom. The molecule has 178 valence electrons. The van der Waals surface area contributed by atoms with Crippen LogP contribution in [0.25, 0.3) is 0 Å². The fourth-order valence-corrected chi connectivity index (χ4v) is 4.75. The van der Waals surface area contributed by atoms with Gasteiger partial charge in [0.1, 0.15) is 11.9 Å². The maximum atomic E-state index is 11.0. The largest absolute Gasteiger partial charge is 0.490 e. The summed E-state index contributed by atoms with van der Waals surface area (Å²) < 4.78 is 10.1. The van der Waals surface area contributed by atoms with E-state index in [-0.39, 0.29) is 53.6 Å². The van der Waals surface area contributed by atoms with Crippen molar-refractivity contribution in [1.82, 2.24) is 0 Å². The SMILES string of the molecule is C=[C-]C(=O)OC1CC(C)CC(C)(C)C1.C=[C-]C(=O)OCCCC1CCC(C)CC1.[W].[W]. The van der Waals surface area contributed by atoms with Crippen molar-refractivity contribution in [1.29, 1.82) is 0 Å². The minimum Gasteiger partial charge on any atom is -0.490 e. The summed E-state index contributed by atoms with van der Waals surface area (Å²) in [6, 6.07) is 0. The van der Waals surface area contributed by atoms with Gasteiger partial charge in [0.05, 0.1) is 12.7 Å². The molecular formula is C25H40O4W2-2. The molecule has 0 bridgehead atoms. The van der Waals surface area contributed by atoms with Crippen molar-refractivity contribution in [2.24, 2.45) is 23.2 Å². The third-order valence-electron chi connectivity index (χ3n) is 6.03. The van der Waals surface area contributed by atoms with Crippen LogP contribution >= 0.6 is 0 Å². The molecule has 0 spiro atoms. The molecule has 0 aromatic rings. The van der Waals surface area contributed by atoms with Gasteiger partial charge in [-0.3, -0.25) is 22.7 Å². The van der Waals surface area contributed by atoms with E-state index in [1.54, 1.807) is 0 Å². The van der Waals surface area contributed by atoms with Crippen molar-refractivity contribution in [3.63, 3.8) is 0 Å². The Kier molecular flexibility index (Phi) is 18.4. The zero-order valence-corrected chi connectivity index (χ0v) is 25.6. The van der Waals surface area contributed by atoms with Crippen molar-refractivity contribution in [3.8, 4) is 0 Å². The van der Waals surface area contributed by atoms with Crippen LogP contribution in [0, 0.1) is 35.3 Å². The van der Waals surface area contributed by atoms with E-state index in [2.05, 4.69) is 53.0 Å². The van der Waals surface area contributed by atoms with E-state index in [1.807, 2.05) is 0 Å². The molecule has 31 heavy (non-hydrogen) atoms. The van der Waals surface area contributed by atoms with Crippen LogP contribution in [0.3, 0.4) is 0 Å². The van der Waals surface area contributed by atoms with Crippen molar-refractivity contribution in [2.75, 3.05) is 6.61 Å². The Morgan fingerprint density at radius 2 is 1.52 bits per heavy atom. The molecule has 0 radical (unpaired) electrons. The molecule has 0 amide bonds. The smallest absolute Gasteiger partial charge is 0.147 e. The van der Waals surface area contributed by atoms with Crippen molar-refractivity contribution in [2.45, 2.75) is 91.6 Å². The van der Waals surface area contributed by atoms with E-state index in [9.17, 15) is 9.59 Å². The molecule has 4 nitrogen and oxygen atoms in total. The molecule has 2 saturated carbocycles. The van der Waals surface area contributed by atoms with E-state index in [1.165, 1.54) is 38.5 Å². The van der Waals surface area contributed by atoms with Gasteiger partial charge in [0.2, 0.25) is 0 Å². The van der Waals surface area contributed by atoms with E-state index < -0.39 is 11.9 Å². The summed E-state index contributed by atoms with van der Waals surface area (Å²) >= 11 is 0. The predicted molar refractivity (Wildman–Crippen MR) is 116 cm³/mol. The van der Waals surface area contributed by atoms with Crippen molar-refractivity contribution in [3.05, 3.63) is 25.3 Å². The van der Waals surface area contributed by atoms with Crippen molar-refractivity contribution < 1.29 is 61.2 Å². The summed E-state index contributed by atoms with van der Waals surface area (Å²) in [4.78, 5) is 21.7. The van der Waals surface area contributed by atoms with Crippen LogP contribution in [0.2, 0.25) is 0 Å².